The summed E-state index contributed by atoms with van der Waals surface area (Å²) in [6.07, 6.45) is 5.49. The van der Waals surface area contributed by atoms with Gasteiger partial charge in [-0.25, -0.2) is 4.98 Å². The lowest BCUT2D eigenvalue weighted by Gasteiger charge is -2.01. The van der Waals surface area contributed by atoms with Crippen molar-refractivity contribution in [2.45, 2.75) is 6.92 Å². The van der Waals surface area contributed by atoms with Gasteiger partial charge in [0, 0.05) is 24.2 Å². The molecule has 0 aliphatic heterocycles. The molecule has 4 heteroatoms. The first kappa shape index (κ1) is 10.3. The molecule has 0 aromatic carbocycles. The first-order valence-electron chi connectivity index (χ1n) is 5.31. The predicted molar refractivity (Wildman–Crippen MR) is 68.2 cm³/mol. The molecule has 0 unspecified atom stereocenters. The van der Waals surface area contributed by atoms with E-state index in [9.17, 15) is 0 Å². The maximum Gasteiger partial charge on any atom is 0.155 e. The van der Waals surface area contributed by atoms with Crippen molar-refractivity contribution in [2.24, 2.45) is 0 Å². The van der Waals surface area contributed by atoms with Gasteiger partial charge >= 0.3 is 0 Å². The zero-order valence-electron chi connectivity index (χ0n) is 9.26. The van der Waals surface area contributed by atoms with Crippen LogP contribution in [-0.2, 0) is 0 Å². The van der Waals surface area contributed by atoms with Crippen molar-refractivity contribution in [3.63, 3.8) is 0 Å². The van der Waals surface area contributed by atoms with Crippen molar-refractivity contribution >= 4 is 17.1 Å². The number of pyridine rings is 2. The maximum atomic E-state index is 6.18. The van der Waals surface area contributed by atoms with Gasteiger partial charge in [-0.2, -0.15) is 0 Å². The van der Waals surface area contributed by atoms with Crippen molar-refractivity contribution in [2.75, 3.05) is 0 Å². The van der Waals surface area contributed by atoms with Gasteiger partial charge in [0.15, 0.2) is 5.15 Å². The summed E-state index contributed by atoms with van der Waals surface area (Å²) in [5, 5.41) is 0.530. The Kier molecular flexibility index (Phi) is 2.34. The smallest absolute Gasteiger partial charge is 0.155 e. The lowest BCUT2D eigenvalue weighted by Crippen LogP contribution is -1.90. The number of fused-ring (bicyclic) bond motifs is 1. The SMILES string of the molecule is Cc1cccn2c(-c3cccnc3)nc(Cl)c12. The molecule has 0 radical (unpaired) electrons. The minimum absolute atomic E-state index is 0.530. The van der Waals surface area contributed by atoms with Crippen molar-refractivity contribution in [3.8, 4) is 11.4 Å². The fraction of sp³-hybridized carbons (Fsp3) is 0.0769. The van der Waals surface area contributed by atoms with Crippen molar-refractivity contribution in [1.82, 2.24) is 14.4 Å². The number of aromatic nitrogens is 3. The molecular formula is C13H10ClN3. The molecule has 3 nitrogen and oxygen atoms in total. The maximum absolute atomic E-state index is 6.18. The molecule has 0 N–H and O–H groups in total. The van der Waals surface area contributed by atoms with Crippen LogP contribution in [0.15, 0.2) is 42.9 Å². The monoisotopic (exact) mass is 243 g/mol. The molecule has 0 amide bonds. The summed E-state index contributed by atoms with van der Waals surface area (Å²) in [6.45, 7) is 2.02. The first-order valence-corrected chi connectivity index (χ1v) is 5.69. The minimum Gasteiger partial charge on any atom is -0.298 e. The third-order valence-electron chi connectivity index (χ3n) is 2.74. The quantitative estimate of drug-likeness (QED) is 0.656. The van der Waals surface area contributed by atoms with E-state index in [1.54, 1.807) is 12.4 Å². The fourth-order valence-corrected chi connectivity index (χ4v) is 2.27. The highest BCUT2D eigenvalue weighted by molar-refractivity contribution is 6.33. The summed E-state index contributed by atoms with van der Waals surface area (Å²) in [6, 6.07) is 7.87. The summed E-state index contributed by atoms with van der Waals surface area (Å²) in [5.41, 5.74) is 3.02. The predicted octanol–water partition coefficient (Wildman–Crippen LogP) is 3.36. The van der Waals surface area contributed by atoms with Crippen molar-refractivity contribution in [1.29, 1.82) is 0 Å². The topological polar surface area (TPSA) is 30.2 Å². The number of imidazole rings is 1. The van der Waals surface area contributed by atoms with E-state index in [1.807, 2.05) is 41.8 Å². The molecule has 0 bridgehead atoms. The number of rotatable bonds is 1. The van der Waals surface area contributed by atoms with Crippen LogP contribution in [0.3, 0.4) is 0 Å². The highest BCUT2D eigenvalue weighted by Crippen LogP contribution is 2.26. The van der Waals surface area contributed by atoms with E-state index < -0.39 is 0 Å². The van der Waals surface area contributed by atoms with E-state index in [0.29, 0.717) is 5.15 Å². The Balaban J connectivity index is 2.36. The second-order valence-electron chi connectivity index (χ2n) is 3.88. The van der Waals surface area contributed by atoms with Crippen LogP contribution in [0.4, 0.5) is 0 Å². The van der Waals surface area contributed by atoms with E-state index in [-0.39, 0.29) is 0 Å². The Bertz CT molecular complexity index is 674. The average Bonchev–Trinajstić information content (AvgIpc) is 2.69. The van der Waals surface area contributed by atoms with E-state index in [1.165, 1.54) is 0 Å². The van der Waals surface area contributed by atoms with E-state index in [4.69, 9.17) is 11.6 Å². The van der Waals surface area contributed by atoms with Crippen LogP contribution in [0.2, 0.25) is 5.15 Å². The van der Waals surface area contributed by atoms with Crippen molar-refractivity contribution in [3.05, 3.63) is 53.6 Å². The average molecular weight is 244 g/mol. The van der Waals surface area contributed by atoms with Crippen molar-refractivity contribution < 1.29 is 0 Å². The molecule has 0 saturated carbocycles. The minimum atomic E-state index is 0.530. The second kappa shape index (κ2) is 3.86. The van der Waals surface area contributed by atoms with Gasteiger partial charge in [-0.05, 0) is 30.7 Å². The third-order valence-corrected chi connectivity index (χ3v) is 3.01. The zero-order valence-corrected chi connectivity index (χ0v) is 10.0. The summed E-state index contributed by atoms with van der Waals surface area (Å²) in [7, 11) is 0. The van der Waals surface area contributed by atoms with Gasteiger partial charge in [0.2, 0.25) is 0 Å². The highest BCUT2D eigenvalue weighted by Gasteiger charge is 2.12. The first-order chi connectivity index (χ1) is 8.27. The van der Waals surface area contributed by atoms with Crippen LogP contribution in [0.25, 0.3) is 16.9 Å². The molecule has 0 aliphatic rings. The third kappa shape index (κ3) is 1.59. The van der Waals surface area contributed by atoms with Crippen LogP contribution in [0.1, 0.15) is 5.56 Å². The van der Waals surface area contributed by atoms with Crippen LogP contribution >= 0.6 is 11.6 Å². The molecule has 84 valence electrons. The summed E-state index contributed by atoms with van der Waals surface area (Å²) < 4.78 is 1.99. The molecule has 3 aromatic rings. The Morgan fingerprint density at radius 2 is 2.12 bits per heavy atom. The normalized spacial score (nSPS) is 10.9. The molecule has 0 spiro atoms. The second-order valence-corrected chi connectivity index (χ2v) is 4.24. The van der Waals surface area contributed by atoms with Crippen LogP contribution in [-0.4, -0.2) is 14.4 Å². The van der Waals surface area contributed by atoms with Gasteiger partial charge in [0.05, 0.1) is 5.52 Å². The number of hydrogen-bond acceptors (Lipinski definition) is 2. The summed E-state index contributed by atoms with van der Waals surface area (Å²) in [5.74, 6) is 0.821. The number of nitrogens with zero attached hydrogens (tertiary/aromatic N) is 3. The summed E-state index contributed by atoms with van der Waals surface area (Å²) in [4.78, 5) is 8.51. The number of aryl methyl sites for hydroxylation is 1. The molecular weight excluding hydrogens is 234 g/mol. The van der Waals surface area contributed by atoms with Gasteiger partial charge < -0.3 is 0 Å². The van der Waals surface area contributed by atoms with Gasteiger partial charge in [-0.1, -0.05) is 17.7 Å². The fourth-order valence-electron chi connectivity index (χ4n) is 1.95. The van der Waals surface area contributed by atoms with Gasteiger partial charge in [-0.3, -0.25) is 9.38 Å². The van der Waals surface area contributed by atoms with Crippen LogP contribution < -0.4 is 0 Å². The molecule has 3 aromatic heterocycles. The van der Waals surface area contributed by atoms with Gasteiger partial charge in [0.25, 0.3) is 0 Å². The standard InChI is InChI=1S/C13H10ClN3/c1-9-4-3-7-17-11(9)12(14)16-13(17)10-5-2-6-15-8-10/h2-8H,1H3. The molecule has 17 heavy (non-hydrogen) atoms. The lowest BCUT2D eigenvalue weighted by atomic mass is 10.2. The Morgan fingerprint density at radius 3 is 2.88 bits per heavy atom. The molecule has 0 aliphatic carbocycles. The Labute approximate surface area is 104 Å². The highest BCUT2D eigenvalue weighted by atomic mass is 35.5. The molecule has 3 rings (SSSR count). The molecule has 3 heterocycles. The van der Waals surface area contributed by atoms with Crippen LogP contribution in [0, 0.1) is 6.92 Å². The number of halogens is 1. The molecule has 0 atom stereocenters. The Morgan fingerprint density at radius 1 is 1.24 bits per heavy atom. The lowest BCUT2D eigenvalue weighted by molar-refractivity contribution is 1.14. The van der Waals surface area contributed by atoms with E-state index in [0.717, 1.165) is 22.5 Å². The van der Waals surface area contributed by atoms with E-state index in [2.05, 4.69) is 9.97 Å². The molecule has 0 saturated heterocycles. The number of hydrogen-bond donors (Lipinski definition) is 0. The largest absolute Gasteiger partial charge is 0.298 e. The summed E-state index contributed by atoms with van der Waals surface area (Å²) >= 11 is 6.18. The van der Waals surface area contributed by atoms with Crippen LogP contribution in [0.5, 0.6) is 0 Å². The molecule has 0 fully saturated rings. The Hall–Kier alpha value is -1.87. The van der Waals surface area contributed by atoms with E-state index >= 15 is 0 Å². The van der Waals surface area contributed by atoms with Gasteiger partial charge in [-0.15, -0.1) is 0 Å². The van der Waals surface area contributed by atoms with Gasteiger partial charge in [0.1, 0.15) is 5.82 Å². The zero-order chi connectivity index (χ0) is 11.8.